The van der Waals surface area contributed by atoms with Crippen molar-refractivity contribution in [3.05, 3.63) is 90.0 Å². The van der Waals surface area contributed by atoms with Gasteiger partial charge in [-0.2, -0.15) is 0 Å². The highest BCUT2D eigenvalue weighted by Gasteiger charge is 2.29. The van der Waals surface area contributed by atoms with Crippen LogP contribution in [0.1, 0.15) is 23.6 Å². The number of para-hydroxylation sites is 2. The summed E-state index contributed by atoms with van der Waals surface area (Å²) in [5.41, 5.74) is 2.17. The van der Waals surface area contributed by atoms with Crippen molar-refractivity contribution in [2.75, 3.05) is 17.5 Å². The van der Waals surface area contributed by atoms with E-state index in [1.165, 1.54) is 0 Å². The molecule has 160 valence electrons. The van der Waals surface area contributed by atoms with Gasteiger partial charge in [-0.3, -0.25) is 9.10 Å². The molecule has 1 N–H and O–H groups in total. The third-order valence-electron chi connectivity index (χ3n) is 5.20. The number of ether oxygens (including phenoxy) is 1. The van der Waals surface area contributed by atoms with Gasteiger partial charge in [-0.25, -0.2) is 8.42 Å². The molecule has 0 bridgehead atoms. The summed E-state index contributed by atoms with van der Waals surface area (Å²) in [5.74, 6) is 0.369. The number of hydrogen-bond acceptors (Lipinski definition) is 4. The molecule has 0 spiro atoms. The molecule has 3 aromatic carbocycles. The first kappa shape index (κ1) is 20.9. The van der Waals surface area contributed by atoms with Gasteiger partial charge in [0.05, 0.1) is 23.2 Å². The molecule has 1 unspecified atom stereocenters. The van der Waals surface area contributed by atoms with Crippen LogP contribution in [0.4, 0.5) is 5.69 Å². The van der Waals surface area contributed by atoms with Crippen LogP contribution in [-0.4, -0.2) is 27.5 Å². The van der Waals surface area contributed by atoms with E-state index < -0.39 is 10.0 Å². The molecule has 7 heteroatoms. The monoisotopic (exact) mass is 436 g/mol. The third kappa shape index (κ3) is 4.56. The highest BCUT2D eigenvalue weighted by molar-refractivity contribution is 7.92. The van der Waals surface area contributed by atoms with Gasteiger partial charge in [0.2, 0.25) is 5.91 Å². The number of fused-ring (bicyclic) bond motifs is 1. The Morgan fingerprint density at radius 2 is 1.77 bits per heavy atom. The summed E-state index contributed by atoms with van der Waals surface area (Å²) in [6.07, 6.45) is 0.624. The maximum atomic E-state index is 13.4. The molecular weight excluding hydrogens is 412 g/mol. The van der Waals surface area contributed by atoms with Gasteiger partial charge >= 0.3 is 0 Å². The minimum atomic E-state index is -3.93. The molecule has 31 heavy (non-hydrogen) atoms. The standard InChI is InChI=1S/C24H24N2O4S/c1-18-8-7-11-20(16-18)31(28,29)26(19-9-3-2-4-10-19)17-24(27)25-22-14-15-30-23-13-6-5-12-21(22)23/h2-13,16,22H,14-15,17H2,1H3,(H,25,27). The van der Waals surface area contributed by atoms with Crippen molar-refractivity contribution in [1.82, 2.24) is 5.32 Å². The Balaban J connectivity index is 1.61. The smallest absolute Gasteiger partial charge is 0.264 e. The molecule has 1 atom stereocenters. The van der Waals surface area contributed by atoms with Crippen molar-refractivity contribution in [2.24, 2.45) is 0 Å². The number of hydrogen-bond donors (Lipinski definition) is 1. The Morgan fingerprint density at radius 1 is 1.03 bits per heavy atom. The second-order valence-corrected chi connectivity index (χ2v) is 9.32. The van der Waals surface area contributed by atoms with Crippen molar-refractivity contribution >= 4 is 21.6 Å². The number of benzene rings is 3. The summed E-state index contributed by atoms with van der Waals surface area (Å²) in [6, 6.07) is 22.7. The zero-order valence-electron chi connectivity index (χ0n) is 17.2. The van der Waals surface area contributed by atoms with Crippen molar-refractivity contribution in [2.45, 2.75) is 24.3 Å². The van der Waals surface area contributed by atoms with Crippen LogP contribution in [0, 0.1) is 6.92 Å². The van der Waals surface area contributed by atoms with Crippen LogP contribution in [-0.2, 0) is 14.8 Å². The molecule has 3 aromatic rings. The SMILES string of the molecule is Cc1cccc(S(=O)(=O)N(CC(=O)NC2CCOc3ccccc32)c2ccccc2)c1. The van der Waals surface area contributed by atoms with Gasteiger partial charge < -0.3 is 10.1 Å². The van der Waals surface area contributed by atoms with Crippen molar-refractivity contribution in [3.8, 4) is 5.75 Å². The molecule has 1 aliphatic rings. The Morgan fingerprint density at radius 3 is 2.55 bits per heavy atom. The van der Waals surface area contributed by atoms with Crippen molar-refractivity contribution < 1.29 is 17.9 Å². The van der Waals surface area contributed by atoms with Crippen LogP contribution in [0.2, 0.25) is 0 Å². The summed E-state index contributed by atoms with van der Waals surface area (Å²) in [7, 11) is -3.93. The molecule has 0 saturated heterocycles. The zero-order valence-corrected chi connectivity index (χ0v) is 18.0. The molecule has 6 nitrogen and oxygen atoms in total. The first-order valence-corrected chi connectivity index (χ1v) is 11.5. The van der Waals surface area contributed by atoms with Gasteiger partial charge in [-0.15, -0.1) is 0 Å². The lowest BCUT2D eigenvalue weighted by molar-refractivity contribution is -0.120. The lowest BCUT2D eigenvalue weighted by Crippen LogP contribution is -2.42. The van der Waals surface area contributed by atoms with E-state index in [1.54, 1.807) is 48.5 Å². The summed E-state index contributed by atoms with van der Waals surface area (Å²) in [6.45, 7) is 2.01. The second kappa shape index (κ2) is 8.81. The van der Waals surface area contributed by atoms with Crippen LogP contribution >= 0.6 is 0 Å². The van der Waals surface area contributed by atoms with Gasteiger partial charge in [0.15, 0.2) is 0 Å². The van der Waals surface area contributed by atoms with E-state index in [2.05, 4.69) is 5.32 Å². The lowest BCUT2D eigenvalue weighted by atomic mass is 10.0. The number of carbonyl (C=O) groups is 1. The van der Waals surface area contributed by atoms with E-state index in [-0.39, 0.29) is 23.4 Å². The fraction of sp³-hybridized carbons (Fsp3) is 0.208. The summed E-state index contributed by atoms with van der Waals surface area (Å²) >= 11 is 0. The number of amides is 1. The Hall–Kier alpha value is -3.32. The molecule has 0 radical (unpaired) electrons. The van der Waals surface area contributed by atoms with E-state index in [1.807, 2.05) is 37.3 Å². The number of carbonyl (C=O) groups excluding carboxylic acids is 1. The predicted octanol–water partition coefficient (Wildman–Crippen LogP) is 3.83. The predicted molar refractivity (Wildman–Crippen MR) is 120 cm³/mol. The minimum absolute atomic E-state index is 0.153. The fourth-order valence-electron chi connectivity index (χ4n) is 3.67. The minimum Gasteiger partial charge on any atom is -0.493 e. The number of rotatable bonds is 6. The maximum Gasteiger partial charge on any atom is 0.264 e. The van der Waals surface area contributed by atoms with Gasteiger partial charge in [0.25, 0.3) is 10.0 Å². The maximum absolute atomic E-state index is 13.4. The molecule has 0 aliphatic carbocycles. The van der Waals surface area contributed by atoms with Crippen molar-refractivity contribution in [1.29, 1.82) is 0 Å². The Kier molecular flexibility index (Phi) is 5.95. The first-order valence-electron chi connectivity index (χ1n) is 10.1. The number of nitrogens with zero attached hydrogens (tertiary/aromatic N) is 1. The zero-order chi connectivity index (χ0) is 21.8. The van der Waals surface area contributed by atoms with E-state index in [0.717, 1.165) is 21.2 Å². The van der Waals surface area contributed by atoms with Gasteiger partial charge in [0.1, 0.15) is 12.3 Å². The molecule has 0 saturated carbocycles. The highest BCUT2D eigenvalue weighted by Crippen LogP contribution is 2.31. The van der Waals surface area contributed by atoms with Crippen LogP contribution in [0.15, 0.2) is 83.8 Å². The van der Waals surface area contributed by atoms with E-state index >= 15 is 0 Å². The number of aryl methyl sites for hydroxylation is 1. The average molecular weight is 437 g/mol. The van der Waals surface area contributed by atoms with E-state index in [4.69, 9.17) is 4.74 Å². The van der Waals surface area contributed by atoms with Crippen molar-refractivity contribution in [3.63, 3.8) is 0 Å². The van der Waals surface area contributed by atoms with Crippen LogP contribution in [0.3, 0.4) is 0 Å². The molecule has 1 heterocycles. The Labute approximate surface area is 182 Å². The summed E-state index contributed by atoms with van der Waals surface area (Å²) in [5, 5.41) is 2.99. The highest BCUT2D eigenvalue weighted by atomic mass is 32.2. The fourth-order valence-corrected chi connectivity index (χ4v) is 5.20. The normalized spacial score (nSPS) is 15.5. The van der Waals surface area contributed by atoms with Crippen LogP contribution < -0.4 is 14.4 Å². The molecule has 4 rings (SSSR count). The van der Waals surface area contributed by atoms with Crippen LogP contribution in [0.5, 0.6) is 5.75 Å². The number of sulfonamides is 1. The first-order chi connectivity index (χ1) is 14.9. The largest absolute Gasteiger partial charge is 0.493 e. The topological polar surface area (TPSA) is 75.7 Å². The average Bonchev–Trinajstić information content (AvgIpc) is 2.78. The van der Waals surface area contributed by atoms with Gasteiger partial charge in [-0.05, 0) is 42.8 Å². The molecule has 1 amide bonds. The van der Waals surface area contributed by atoms with Gasteiger partial charge in [-0.1, -0.05) is 48.5 Å². The van der Waals surface area contributed by atoms with E-state index in [0.29, 0.717) is 18.7 Å². The third-order valence-corrected chi connectivity index (χ3v) is 6.97. The summed E-state index contributed by atoms with van der Waals surface area (Å²) < 4.78 is 33.7. The quantitative estimate of drug-likeness (QED) is 0.637. The number of nitrogens with one attached hydrogen (secondary N) is 1. The Bertz CT molecular complexity index is 1180. The van der Waals surface area contributed by atoms with Crippen LogP contribution in [0.25, 0.3) is 0 Å². The molecule has 1 aliphatic heterocycles. The lowest BCUT2D eigenvalue weighted by Gasteiger charge is -2.28. The number of anilines is 1. The summed E-state index contributed by atoms with van der Waals surface area (Å²) in [4.78, 5) is 13.1. The molecule has 0 aromatic heterocycles. The second-order valence-electron chi connectivity index (χ2n) is 7.46. The van der Waals surface area contributed by atoms with Gasteiger partial charge in [0, 0.05) is 12.0 Å². The molecule has 0 fully saturated rings. The van der Waals surface area contributed by atoms with E-state index in [9.17, 15) is 13.2 Å². The molecular formula is C24H24N2O4S.